The molecule has 0 unspecified atom stereocenters. The average Bonchev–Trinajstić information content (AvgIpc) is 2.60. The predicted octanol–water partition coefficient (Wildman–Crippen LogP) is 3.31. The Labute approximate surface area is 117 Å². The summed E-state index contributed by atoms with van der Waals surface area (Å²) in [6.07, 6.45) is 14.8. The van der Waals surface area contributed by atoms with E-state index in [4.69, 9.17) is 12.2 Å². The zero-order chi connectivity index (χ0) is 12.8. The van der Waals surface area contributed by atoms with E-state index >= 15 is 0 Å². The average molecular weight is 269 g/mol. The van der Waals surface area contributed by atoms with E-state index in [0.29, 0.717) is 0 Å². The van der Waals surface area contributed by atoms with Crippen molar-refractivity contribution in [2.45, 2.75) is 76.3 Å². The third kappa shape index (κ3) is 3.82. The summed E-state index contributed by atoms with van der Waals surface area (Å²) in [5, 5.41) is 6.34. The minimum atomic E-state index is 0.0467. The fraction of sp³-hybridized carbons (Fsp3) is 0.929. The van der Waals surface area contributed by atoms with Gasteiger partial charge in [-0.3, -0.25) is 5.01 Å². The Kier molecular flexibility index (Phi) is 5.25. The molecule has 1 saturated carbocycles. The molecule has 2 fully saturated rings. The highest BCUT2D eigenvalue weighted by atomic mass is 32.1. The van der Waals surface area contributed by atoms with Crippen LogP contribution in [-0.4, -0.2) is 22.8 Å². The van der Waals surface area contributed by atoms with Gasteiger partial charge in [-0.2, -0.15) is 0 Å². The number of hydrogen-bond donors (Lipinski definition) is 2. The highest BCUT2D eigenvalue weighted by Gasteiger charge is 2.37. The molecule has 2 rings (SSSR count). The van der Waals surface area contributed by atoms with Crippen LogP contribution in [0.5, 0.6) is 0 Å². The lowest BCUT2D eigenvalue weighted by Gasteiger charge is -2.30. The van der Waals surface area contributed by atoms with Gasteiger partial charge >= 0.3 is 0 Å². The van der Waals surface area contributed by atoms with E-state index in [-0.39, 0.29) is 5.66 Å². The van der Waals surface area contributed by atoms with Gasteiger partial charge in [0.25, 0.3) is 0 Å². The number of nitrogens with zero attached hydrogens (tertiary/aromatic N) is 1. The van der Waals surface area contributed by atoms with Crippen LogP contribution in [0.3, 0.4) is 0 Å². The maximum Gasteiger partial charge on any atom is 0.184 e. The number of rotatable bonds is 0. The molecule has 2 aliphatic rings. The Bertz CT molecular complexity index is 268. The van der Waals surface area contributed by atoms with E-state index in [1.807, 2.05) is 12.1 Å². The summed E-state index contributed by atoms with van der Waals surface area (Å²) in [6, 6.07) is 0. The maximum atomic E-state index is 5.33. The first-order chi connectivity index (χ1) is 8.72. The molecule has 0 amide bonds. The Morgan fingerprint density at radius 3 is 1.72 bits per heavy atom. The van der Waals surface area contributed by atoms with E-state index in [0.717, 1.165) is 5.11 Å². The normalized spacial score (nSPS) is 26.5. The molecule has 104 valence electrons. The Morgan fingerprint density at radius 1 is 0.889 bits per heavy atom. The van der Waals surface area contributed by atoms with Gasteiger partial charge in [-0.25, -0.2) is 5.43 Å². The van der Waals surface area contributed by atoms with E-state index in [1.165, 1.54) is 70.6 Å². The maximum absolute atomic E-state index is 5.33. The second-order valence-corrected chi connectivity index (χ2v) is 6.25. The summed E-state index contributed by atoms with van der Waals surface area (Å²) in [6.45, 7) is 0. The topological polar surface area (TPSA) is 27.3 Å². The predicted molar refractivity (Wildman–Crippen MR) is 80.2 cm³/mol. The first kappa shape index (κ1) is 14.1. The van der Waals surface area contributed by atoms with Gasteiger partial charge in [-0.1, -0.05) is 44.9 Å². The monoisotopic (exact) mass is 269 g/mol. The molecule has 0 radical (unpaired) electrons. The molecule has 0 aromatic rings. The first-order valence-corrected chi connectivity index (χ1v) is 7.96. The number of hydrogen-bond acceptors (Lipinski definition) is 2. The van der Waals surface area contributed by atoms with Crippen molar-refractivity contribution in [3.63, 3.8) is 0 Å². The van der Waals surface area contributed by atoms with E-state index in [1.54, 1.807) is 0 Å². The van der Waals surface area contributed by atoms with Crippen molar-refractivity contribution < 1.29 is 0 Å². The molecule has 0 aromatic heterocycles. The second-order valence-electron chi connectivity index (χ2n) is 5.87. The van der Waals surface area contributed by atoms with Crippen LogP contribution in [0.1, 0.15) is 70.6 Å². The van der Waals surface area contributed by atoms with Gasteiger partial charge < -0.3 is 5.32 Å². The molecule has 3 nitrogen and oxygen atoms in total. The lowest BCUT2D eigenvalue weighted by atomic mass is 9.93. The van der Waals surface area contributed by atoms with E-state index in [2.05, 4.69) is 10.7 Å². The number of hydrazine groups is 1. The Hall–Kier alpha value is -0.350. The molecule has 1 spiro atoms. The molecule has 0 aromatic carbocycles. The fourth-order valence-electron chi connectivity index (χ4n) is 3.14. The molecule has 1 saturated heterocycles. The summed E-state index contributed by atoms with van der Waals surface area (Å²) in [5.41, 5.74) is 3.60. The lowest BCUT2D eigenvalue weighted by molar-refractivity contribution is 0.200. The number of thiocarbonyl (C=S) groups is 1. The van der Waals surface area contributed by atoms with Crippen molar-refractivity contribution in [1.29, 1.82) is 0 Å². The number of nitrogens with one attached hydrogen (secondary N) is 2. The summed E-state index contributed by atoms with van der Waals surface area (Å²) < 4.78 is 0. The second kappa shape index (κ2) is 6.71. The van der Waals surface area contributed by atoms with Crippen LogP contribution in [0.15, 0.2) is 0 Å². The van der Waals surface area contributed by atoms with Gasteiger partial charge in [-0.15, -0.1) is 0 Å². The zero-order valence-electron chi connectivity index (χ0n) is 11.6. The van der Waals surface area contributed by atoms with Crippen LogP contribution in [0, 0.1) is 0 Å². The smallest absolute Gasteiger partial charge is 0.184 e. The first-order valence-electron chi connectivity index (χ1n) is 7.56. The molecular weight excluding hydrogens is 242 g/mol. The van der Waals surface area contributed by atoms with Crippen molar-refractivity contribution >= 4 is 17.3 Å². The van der Waals surface area contributed by atoms with Crippen LogP contribution in [0.25, 0.3) is 0 Å². The van der Waals surface area contributed by atoms with Gasteiger partial charge in [0.05, 0.1) is 0 Å². The summed E-state index contributed by atoms with van der Waals surface area (Å²) in [7, 11) is 2.01. The van der Waals surface area contributed by atoms with Crippen LogP contribution in [-0.2, 0) is 0 Å². The van der Waals surface area contributed by atoms with Crippen molar-refractivity contribution in [3.05, 3.63) is 0 Å². The molecular formula is C14H27N3S. The molecule has 0 bridgehead atoms. The van der Waals surface area contributed by atoms with Crippen molar-refractivity contribution in [2.24, 2.45) is 0 Å². The van der Waals surface area contributed by atoms with Gasteiger partial charge in [0, 0.05) is 7.05 Å². The summed E-state index contributed by atoms with van der Waals surface area (Å²) in [4.78, 5) is 0. The van der Waals surface area contributed by atoms with E-state index < -0.39 is 0 Å². The van der Waals surface area contributed by atoms with Gasteiger partial charge in [0.2, 0.25) is 0 Å². The van der Waals surface area contributed by atoms with Crippen LogP contribution in [0.2, 0.25) is 0 Å². The quantitative estimate of drug-likeness (QED) is 0.660. The van der Waals surface area contributed by atoms with Gasteiger partial charge in [0.1, 0.15) is 5.66 Å². The highest BCUT2D eigenvalue weighted by Crippen LogP contribution is 2.25. The van der Waals surface area contributed by atoms with Crippen molar-refractivity contribution in [3.8, 4) is 0 Å². The molecule has 2 N–H and O–H groups in total. The SMILES string of the molecule is CN1NC2(CCCCCCCCCCC2)NC1=S. The molecule has 1 aliphatic heterocycles. The third-order valence-electron chi connectivity index (χ3n) is 4.24. The zero-order valence-corrected chi connectivity index (χ0v) is 12.5. The Balaban J connectivity index is 1.91. The molecule has 18 heavy (non-hydrogen) atoms. The molecule has 1 aliphatic carbocycles. The Morgan fingerprint density at radius 2 is 1.33 bits per heavy atom. The molecule has 4 heteroatoms. The van der Waals surface area contributed by atoms with Gasteiger partial charge in [0.15, 0.2) is 5.11 Å². The fourth-order valence-corrected chi connectivity index (χ4v) is 3.38. The van der Waals surface area contributed by atoms with Crippen molar-refractivity contribution in [1.82, 2.24) is 15.8 Å². The van der Waals surface area contributed by atoms with Crippen LogP contribution >= 0.6 is 12.2 Å². The minimum absolute atomic E-state index is 0.0467. The summed E-state index contributed by atoms with van der Waals surface area (Å²) in [5.74, 6) is 0. The van der Waals surface area contributed by atoms with Crippen molar-refractivity contribution in [2.75, 3.05) is 7.05 Å². The standard InChI is InChI=1S/C14H27N3S/c1-17-13(18)15-14(16-17)11-9-7-5-3-2-4-6-8-10-12-14/h16H,2-12H2,1H3,(H,15,18). The highest BCUT2D eigenvalue weighted by molar-refractivity contribution is 7.80. The molecule has 0 atom stereocenters. The third-order valence-corrected chi connectivity index (χ3v) is 4.62. The van der Waals surface area contributed by atoms with Gasteiger partial charge in [-0.05, 0) is 37.9 Å². The van der Waals surface area contributed by atoms with Crippen LogP contribution in [0.4, 0.5) is 0 Å². The molecule has 1 heterocycles. The van der Waals surface area contributed by atoms with E-state index in [9.17, 15) is 0 Å². The van der Waals surface area contributed by atoms with Crippen LogP contribution < -0.4 is 10.7 Å². The largest absolute Gasteiger partial charge is 0.342 e. The minimum Gasteiger partial charge on any atom is -0.342 e. The summed E-state index contributed by atoms with van der Waals surface area (Å²) >= 11 is 5.33. The lowest BCUT2D eigenvalue weighted by Crippen LogP contribution is -2.50.